The average Bonchev–Trinajstić information content (AvgIpc) is 2.26. The van der Waals surface area contributed by atoms with Crippen molar-refractivity contribution in [2.75, 3.05) is 7.11 Å². The number of carbonyl (C=O) groups is 1. The molecule has 4 nitrogen and oxygen atoms in total. The van der Waals surface area contributed by atoms with E-state index in [4.69, 9.17) is 14.6 Å². The maximum absolute atomic E-state index is 11.0. The number of methoxy groups -OCH3 is 1. The van der Waals surface area contributed by atoms with Crippen molar-refractivity contribution in [3.05, 3.63) is 29.3 Å². The molecule has 17 heavy (non-hydrogen) atoms. The van der Waals surface area contributed by atoms with Crippen molar-refractivity contribution >= 4 is 5.97 Å². The van der Waals surface area contributed by atoms with Crippen molar-refractivity contribution < 1.29 is 19.4 Å². The predicted molar refractivity (Wildman–Crippen MR) is 62.4 cm³/mol. The molecule has 1 N–H and O–H groups in total. The fourth-order valence-corrected chi connectivity index (χ4v) is 1.76. The Bertz CT molecular complexity index is 410. The second-order valence-corrected chi connectivity index (χ2v) is 4.20. The van der Waals surface area contributed by atoms with Crippen LogP contribution in [-0.4, -0.2) is 24.3 Å². The van der Waals surface area contributed by atoms with Crippen molar-refractivity contribution in [3.63, 3.8) is 0 Å². The number of hydrogen-bond donors (Lipinski definition) is 1. The van der Waals surface area contributed by atoms with E-state index < -0.39 is 5.97 Å². The van der Waals surface area contributed by atoms with Crippen molar-refractivity contribution in [2.24, 2.45) is 0 Å². The van der Waals surface area contributed by atoms with Crippen LogP contribution in [0.15, 0.2) is 18.2 Å². The first-order valence-electron chi connectivity index (χ1n) is 5.72. The van der Waals surface area contributed by atoms with Crippen LogP contribution < -0.4 is 4.74 Å². The third-order valence-corrected chi connectivity index (χ3v) is 3.03. The van der Waals surface area contributed by atoms with E-state index in [-0.39, 0.29) is 5.56 Å². The SMILES string of the molecule is COc1ccc(COC2CCC2)cc1C(=O)O. The van der Waals surface area contributed by atoms with Gasteiger partial charge in [-0.2, -0.15) is 0 Å². The lowest BCUT2D eigenvalue weighted by Gasteiger charge is -2.25. The molecule has 0 saturated heterocycles. The third kappa shape index (κ3) is 2.77. The molecular weight excluding hydrogens is 220 g/mol. The zero-order valence-electron chi connectivity index (χ0n) is 9.81. The highest BCUT2D eigenvalue weighted by molar-refractivity contribution is 5.91. The van der Waals surface area contributed by atoms with Crippen LogP contribution in [0.5, 0.6) is 5.75 Å². The first-order chi connectivity index (χ1) is 8.20. The minimum Gasteiger partial charge on any atom is -0.496 e. The molecular formula is C13H16O4. The standard InChI is InChI=1S/C13H16O4/c1-16-12-6-5-9(7-11(12)13(14)15)8-17-10-3-2-4-10/h5-7,10H,2-4,8H2,1H3,(H,14,15). The molecule has 0 heterocycles. The van der Waals surface area contributed by atoms with Crippen LogP contribution in [0.1, 0.15) is 35.2 Å². The van der Waals surface area contributed by atoms with Gasteiger partial charge in [-0.05, 0) is 37.0 Å². The second-order valence-electron chi connectivity index (χ2n) is 4.20. The number of carboxylic acid groups (broad SMARTS) is 1. The number of aromatic carboxylic acids is 1. The van der Waals surface area contributed by atoms with Crippen LogP contribution in [-0.2, 0) is 11.3 Å². The summed E-state index contributed by atoms with van der Waals surface area (Å²) in [6.45, 7) is 0.467. The molecule has 0 bridgehead atoms. The predicted octanol–water partition coefficient (Wildman–Crippen LogP) is 2.46. The monoisotopic (exact) mass is 236 g/mol. The number of carboxylic acids is 1. The van der Waals surface area contributed by atoms with Crippen molar-refractivity contribution in [2.45, 2.75) is 32.0 Å². The van der Waals surface area contributed by atoms with Gasteiger partial charge in [-0.25, -0.2) is 4.79 Å². The number of benzene rings is 1. The lowest BCUT2D eigenvalue weighted by molar-refractivity contribution is -0.00869. The fraction of sp³-hybridized carbons (Fsp3) is 0.462. The molecule has 0 amide bonds. The summed E-state index contributed by atoms with van der Waals surface area (Å²) in [7, 11) is 1.46. The van der Waals surface area contributed by atoms with Crippen molar-refractivity contribution in [3.8, 4) is 5.75 Å². The van der Waals surface area contributed by atoms with E-state index in [1.54, 1.807) is 12.1 Å². The molecule has 92 valence electrons. The molecule has 0 atom stereocenters. The quantitative estimate of drug-likeness (QED) is 0.853. The van der Waals surface area contributed by atoms with Crippen LogP contribution in [0, 0.1) is 0 Å². The highest BCUT2D eigenvalue weighted by atomic mass is 16.5. The van der Waals surface area contributed by atoms with E-state index in [0.717, 1.165) is 18.4 Å². The summed E-state index contributed by atoms with van der Waals surface area (Å²) in [6, 6.07) is 5.12. The van der Waals surface area contributed by atoms with E-state index in [2.05, 4.69) is 0 Å². The van der Waals surface area contributed by atoms with Gasteiger partial charge in [0.2, 0.25) is 0 Å². The summed E-state index contributed by atoms with van der Waals surface area (Å²) >= 11 is 0. The van der Waals surface area contributed by atoms with Gasteiger partial charge in [0.15, 0.2) is 0 Å². The Balaban J connectivity index is 2.06. The fourth-order valence-electron chi connectivity index (χ4n) is 1.76. The highest BCUT2D eigenvalue weighted by Gasteiger charge is 2.18. The molecule has 0 radical (unpaired) electrons. The van der Waals surface area contributed by atoms with Gasteiger partial charge in [-0.3, -0.25) is 0 Å². The Hall–Kier alpha value is -1.55. The Morgan fingerprint density at radius 2 is 2.24 bits per heavy atom. The highest BCUT2D eigenvalue weighted by Crippen LogP contribution is 2.25. The summed E-state index contributed by atoms with van der Waals surface area (Å²) in [5.41, 5.74) is 1.05. The lowest BCUT2D eigenvalue weighted by Crippen LogP contribution is -2.21. The minimum absolute atomic E-state index is 0.183. The van der Waals surface area contributed by atoms with Crippen LogP contribution in [0.3, 0.4) is 0 Å². The molecule has 2 rings (SSSR count). The Kier molecular flexibility index (Phi) is 3.64. The maximum Gasteiger partial charge on any atom is 0.339 e. The van der Waals surface area contributed by atoms with Gasteiger partial charge < -0.3 is 14.6 Å². The van der Waals surface area contributed by atoms with Gasteiger partial charge in [-0.15, -0.1) is 0 Å². The molecule has 0 aliphatic heterocycles. The minimum atomic E-state index is -0.979. The first-order valence-corrected chi connectivity index (χ1v) is 5.72. The summed E-state index contributed by atoms with van der Waals surface area (Å²) in [5.74, 6) is -0.600. The zero-order valence-corrected chi connectivity index (χ0v) is 9.81. The average molecular weight is 236 g/mol. The Morgan fingerprint density at radius 1 is 1.47 bits per heavy atom. The van der Waals surface area contributed by atoms with Crippen molar-refractivity contribution in [1.82, 2.24) is 0 Å². The summed E-state index contributed by atoms with van der Waals surface area (Å²) in [4.78, 5) is 11.0. The van der Waals surface area contributed by atoms with Gasteiger partial charge >= 0.3 is 5.97 Å². The van der Waals surface area contributed by atoms with Crippen LogP contribution in [0.25, 0.3) is 0 Å². The van der Waals surface area contributed by atoms with E-state index in [0.29, 0.717) is 18.5 Å². The number of ether oxygens (including phenoxy) is 2. The molecule has 1 aliphatic carbocycles. The molecule has 0 spiro atoms. The molecule has 0 unspecified atom stereocenters. The van der Waals surface area contributed by atoms with Gasteiger partial charge in [0.05, 0.1) is 19.8 Å². The van der Waals surface area contributed by atoms with Gasteiger partial charge in [-0.1, -0.05) is 6.07 Å². The molecule has 1 saturated carbocycles. The third-order valence-electron chi connectivity index (χ3n) is 3.03. The summed E-state index contributed by atoms with van der Waals surface area (Å²) in [5, 5.41) is 9.04. The maximum atomic E-state index is 11.0. The van der Waals surface area contributed by atoms with Crippen LogP contribution in [0.2, 0.25) is 0 Å². The largest absolute Gasteiger partial charge is 0.496 e. The topological polar surface area (TPSA) is 55.8 Å². The Labute approximate surface area is 100 Å². The second kappa shape index (κ2) is 5.19. The smallest absolute Gasteiger partial charge is 0.339 e. The molecule has 1 aromatic rings. The normalized spacial score (nSPS) is 15.4. The number of hydrogen-bond acceptors (Lipinski definition) is 3. The lowest BCUT2D eigenvalue weighted by atomic mass is 9.96. The molecule has 0 aromatic heterocycles. The Morgan fingerprint density at radius 3 is 2.76 bits per heavy atom. The van der Waals surface area contributed by atoms with E-state index >= 15 is 0 Å². The molecule has 1 aliphatic rings. The zero-order chi connectivity index (χ0) is 12.3. The van der Waals surface area contributed by atoms with Gasteiger partial charge in [0.25, 0.3) is 0 Å². The molecule has 4 heteroatoms. The first kappa shape index (κ1) is 11.9. The van der Waals surface area contributed by atoms with Crippen LogP contribution in [0.4, 0.5) is 0 Å². The van der Waals surface area contributed by atoms with E-state index in [1.807, 2.05) is 6.07 Å². The van der Waals surface area contributed by atoms with E-state index in [1.165, 1.54) is 13.5 Å². The van der Waals surface area contributed by atoms with Gasteiger partial charge in [0, 0.05) is 0 Å². The van der Waals surface area contributed by atoms with Crippen LogP contribution >= 0.6 is 0 Å². The number of rotatable bonds is 5. The van der Waals surface area contributed by atoms with E-state index in [9.17, 15) is 4.79 Å². The molecule has 1 fully saturated rings. The van der Waals surface area contributed by atoms with Gasteiger partial charge in [0.1, 0.15) is 11.3 Å². The summed E-state index contributed by atoms with van der Waals surface area (Å²) < 4.78 is 10.6. The molecule has 1 aromatic carbocycles. The summed E-state index contributed by atoms with van der Waals surface area (Å²) in [6.07, 6.45) is 3.81. The van der Waals surface area contributed by atoms with Crippen molar-refractivity contribution in [1.29, 1.82) is 0 Å².